The lowest BCUT2D eigenvalue weighted by Gasteiger charge is -2.21. The van der Waals surface area contributed by atoms with Gasteiger partial charge in [-0.2, -0.15) is 5.10 Å². The van der Waals surface area contributed by atoms with Crippen molar-refractivity contribution in [1.82, 2.24) is 35.1 Å². The molecule has 0 aliphatic heterocycles. The summed E-state index contributed by atoms with van der Waals surface area (Å²) in [6.45, 7) is 5.22. The monoisotopic (exact) mass is 503 g/mol. The molecule has 2 aromatic heterocycles. The molecule has 0 bridgehead atoms. The number of halogens is 4. The maximum absolute atomic E-state index is 13.0. The smallest absolute Gasteiger partial charge is 0.254 e. The van der Waals surface area contributed by atoms with Crippen molar-refractivity contribution >= 4 is 52.3 Å². The van der Waals surface area contributed by atoms with Crippen LogP contribution in [0.4, 0.5) is 0 Å². The van der Waals surface area contributed by atoms with Crippen LogP contribution in [0.3, 0.4) is 0 Å². The largest absolute Gasteiger partial charge is 0.347 e. The maximum atomic E-state index is 13.0. The number of carbonyl (C=O) groups is 1. The zero-order valence-electron chi connectivity index (χ0n) is 16.9. The van der Waals surface area contributed by atoms with Crippen LogP contribution in [-0.4, -0.2) is 41.7 Å². The minimum absolute atomic E-state index is 0.0571. The summed E-state index contributed by atoms with van der Waals surface area (Å²) in [4.78, 5) is 16.9. The Labute approximate surface area is 199 Å². The first-order chi connectivity index (χ1) is 14.7. The number of hydrogen-bond donors (Lipinski definition) is 1. The second-order valence-electron chi connectivity index (χ2n) is 7.48. The third-order valence-electron chi connectivity index (χ3n) is 4.49. The number of hydrogen-bond acceptors (Lipinski definition) is 5. The van der Waals surface area contributed by atoms with Gasteiger partial charge in [-0.3, -0.25) is 14.2 Å². The summed E-state index contributed by atoms with van der Waals surface area (Å²) in [5.74, 6) is -0.119. The topological polar surface area (TPSA) is 90.5 Å². The van der Waals surface area contributed by atoms with Gasteiger partial charge in [0.15, 0.2) is 0 Å². The Kier molecular flexibility index (Phi) is 8.16. The van der Waals surface area contributed by atoms with Crippen molar-refractivity contribution in [2.24, 2.45) is 5.92 Å². The number of nitrogens with zero attached hydrogens (tertiary/aromatic N) is 6. The van der Waals surface area contributed by atoms with Crippen LogP contribution >= 0.6 is 46.4 Å². The Hall–Kier alpha value is -1.87. The van der Waals surface area contributed by atoms with Gasteiger partial charge < -0.3 is 5.32 Å². The van der Waals surface area contributed by atoms with Gasteiger partial charge in [0.25, 0.3) is 5.91 Å². The molecule has 31 heavy (non-hydrogen) atoms. The predicted molar refractivity (Wildman–Crippen MR) is 121 cm³/mol. The van der Waals surface area contributed by atoms with E-state index in [-0.39, 0.29) is 31.7 Å². The van der Waals surface area contributed by atoms with Gasteiger partial charge in [0.05, 0.1) is 37.9 Å². The Morgan fingerprint density at radius 3 is 2.45 bits per heavy atom. The average Bonchev–Trinajstić information content (AvgIpc) is 3.36. The minimum Gasteiger partial charge on any atom is -0.347 e. The Morgan fingerprint density at radius 2 is 1.84 bits per heavy atom. The maximum Gasteiger partial charge on any atom is 0.254 e. The van der Waals surface area contributed by atoms with Gasteiger partial charge in [-0.05, 0) is 18.4 Å². The molecule has 0 unspecified atom stereocenters. The van der Waals surface area contributed by atoms with Gasteiger partial charge in [0.1, 0.15) is 12.7 Å². The quantitative estimate of drug-likeness (QED) is 0.431. The van der Waals surface area contributed by atoms with Gasteiger partial charge in [-0.1, -0.05) is 65.5 Å². The van der Waals surface area contributed by atoms with E-state index in [0.29, 0.717) is 31.8 Å². The van der Waals surface area contributed by atoms with E-state index >= 15 is 0 Å². The standard InChI is InChI=1S/C19H21Cl4N7O/c1-11(2)5-13(26-19(31)16-17(22)14(20)6-15(21)18(16)23)8-30-7-12(27-28-30)3-4-29-10-24-9-25-29/h6-7,9-11,13H,3-5,8H2,1-2H3,(H,26,31)/t13-/m0/s1. The number of nitrogens with one attached hydrogen (secondary N) is 1. The van der Waals surface area contributed by atoms with Crippen molar-refractivity contribution in [2.45, 2.75) is 45.8 Å². The molecule has 166 valence electrons. The van der Waals surface area contributed by atoms with Crippen LogP contribution in [0.25, 0.3) is 0 Å². The molecule has 0 spiro atoms. The summed E-state index contributed by atoms with van der Waals surface area (Å²) in [7, 11) is 0. The fraction of sp³-hybridized carbons (Fsp3) is 0.421. The van der Waals surface area contributed by atoms with Gasteiger partial charge >= 0.3 is 0 Å². The third-order valence-corrected chi connectivity index (χ3v) is 6.06. The molecule has 8 nitrogen and oxygen atoms in total. The lowest BCUT2D eigenvalue weighted by Crippen LogP contribution is -2.39. The molecule has 1 aromatic carbocycles. The van der Waals surface area contributed by atoms with E-state index in [0.717, 1.165) is 5.69 Å². The molecule has 1 N–H and O–H groups in total. The number of amides is 1. The van der Waals surface area contributed by atoms with Crippen molar-refractivity contribution in [2.75, 3.05) is 0 Å². The third kappa shape index (κ3) is 6.32. The fourth-order valence-electron chi connectivity index (χ4n) is 3.12. The minimum atomic E-state index is -0.448. The lowest BCUT2D eigenvalue weighted by molar-refractivity contribution is 0.0927. The van der Waals surface area contributed by atoms with Crippen molar-refractivity contribution in [1.29, 1.82) is 0 Å². The molecule has 3 rings (SSSR count). The Bertz CT molecular complexity index is 1010. The number of carbonyl (C=O) groups excluding carboxylic acids is 1. The highest BCUT2D eigenvalue weighted by Gasteiger charge is 2.23. The number of aryl methyl sites for hydroxylation is 2. The summed E-state index contributed by atoms with van der Waals surface area (Å²) in [5, 5.41) is 15.9. The summed E-state index contributed by atoms with van der Waals surface area (Å²) in [6, 6.07) is 1.18. The number of rotatable bonds is 9. The van der Waals surface area contributed by atoms with E-state index in [1.54, 1.807) is 15.7 Å². The molecule has 0 aliphatic carbocycles. The average molecular weight is 505 g/mol. The van der Waals surface area contributed by atoms with E-state index in [4.69, 9.17) is 46.4 Å². The van der Waals surface area contributed by atoms with Crippen molar-refractivity contribution in [3.63, 3.8) is 0 Å². The molecule has 0 aliphatic rings. The van der Waals surface area contributed by atoms with Crippen LogP contribution in [0, 0.1) is 5.92 Å². The highest BCUT2D eigenvalue weighted by atomic mass is 35.5. The van der Waals surface area contributed by atoms with Crippen LogP contribution in [0.2, 0.25) is 20.1 Å². The Morgan fingerprint density at radius 1 is 1.13 bits per heavy atom. The zero-order valence-corrected chi connectivity index (χ0v) is 19.9. The zero-order chi connectivity index (χ0) is 22.5. The summed E-state index contributed by atoms with van der Waals surface area (Å²) in [6.07, 6.45) is 6.37. The second kappa shape index (κ2) is 10.6. The first kappa shape index (κ1) is 23.8. The van der Waals surface area contributed by atoms with E-state index < -0.39 is 5.91 Å². The molecule has 12 heteroatoms. The van der Waals surface area contributed by atoms with Crippen LogP contribution in [0.1, 0.15) is 36.3 Å². The lowest BCUT2D eigenvalue weighted by atomic mass is 10.0. The molecular weight excluding hydrogens is 484 g/mol. The van der Waals surface area contributed by atoms with Crippen LogP contribution in [-0.2, 0) is 19.5 Å². The molecule has 3 aromatic rings. The fourth-order valence-corrected chi connectivity index (χ4v) is 4.10. The van der Waals surface area contributed by atoms with Crippen molar-refractivity contribution in [3.05, 3.63) is 56.3 Å². The molecule has 0 saturated heterocycles. The highest BCUT2D eigenvalue weighted by molar-refractivity contribution is 6.50. The second-order valence-corrected chi connectivity index (χ2v) is 9.05. The Balaban J connectivity index is 1.71. The van der Waals surface area contributed by atoms with Gasteiger partial charge in [0, 0.05) is 25.2 Å². The highest BCUT2D eigenvalue weighted by Crippen LogP contribution is 2.37. The van der Waals surface area contributed by atoms with E-state index in [1.807, 2.05) is 6.20 Å². The molecule has 0 radical (unpaired) electrons. The van der Waals surface area contributed by atoms with E-state index in [9.17, 15) is 4.79 Å². The molecule has 2 heterocycles. The number of benzene rings is 1. The first-order valence-corrected chi connectivity index (χ1v) is 11.1. The molecular formula is C19H21Cl4N7O. The SMILES string of the molecule is CC(C)C[C@@H](Cn1cc(CCn2cncn2)nn1)NC(=O)c1c(Cl)c(Cl)cc(Cl)c1Cl. The molecule has 0 saturated carbocycles. The van der Waals surface area contributed by atoms with Gasteiger partial charge in [-0.15, -0.1) is 5.10 Å². The van der Waals surface area contributed by atoms with Crippen LogP contribution < -0.4 is 5.32 Å². The first-order valence-electron chi connectivity index (χ1n) is 9.59. The summed E-state index contributed by atoms with van der Waals surface area (Å²) in [5.41, 5.74) is 0.875. The van der Waals surface area contributed by atoms with Gasteiger partial charge in [-0.25, -0.2) is 4.98 Å². The molecule has 1 amide bonds. The van der Waals surface area contributed by atoms with E-state index in [1.165, 1.54) is 12.4 Å². The van der Waals surface area contributed by atoms with Crippen molar-refractivity contribution < 1.29 is 4.79 Å². The van der Waals surface area contributed by atoms with E-state index in [2.05, 4.69) is 39.6 Å². The van der Waals surface area contributed by atoms with Crippen LogP contribution in [0.15, 0.2) is 24.9 Å². The summed E-state index contributed by atoms with van der Waals surface area (Å²) >= 11 is 24.6. The normalized spacial score (nSPS) is 12.4. The predicted octanol–water partition coefficient (Wildman–Crippen LogP) is 4.57. The summed E-state index contributed by atoms with van der Waals surface area (Å²) < 4.78 is 3.43. The van der Waals surface area contributed by atoms with Gasteiger partial charge in [0.2, 0.25) is 0 Å². The molecule has 0 fully saturated rings. The van der Waals surface area contributed by atoms with Crippen molar-refractivity contribution in [3.8, 4) is 0 Å². The van der Waals surface area contributed by atoms with Crippen LogP contribution in [0.5, 0.6) is 0 Å². The number of aromatic nitrogens is 6. The molecule has 1 atom stereocenters.